The zero-order valence-electron chi connectivity index (χ0n) is 6.51. The number of ether oxygens (including phenoxy) is 1. The molecule has 1 rings (SSSR count). The molecule has 0 saturated heterocycles. The van der Waals surface area contributed by atoms with Crippen LogP contribution in [0.25, 0.3) is 0 Å². The van der Waals surface area contributed by atoms with Gasteiger partial charge in [0.2, 0.25) is 0 Å². The second-order valence-electron chi connectivity index (χ2n) is 2.13. The third-order valence-corrected chi connectivity index (χ3v) is 2.23. The lowest BCUT2D eigenvalue weighted by Crippen LogP contribution is -1.92. The van der Waals surface area contributed by atoms with Crippen LogP contribution in [0.3, 0.4) is 0 Å². The molecule has 0 aliphatic heterocycles. The molecule has 0 atom stereocenters. The van der Waals surface area contributed by atoms with Crippen molar-refractivity contribution >= 4 is 27.7 Å². The average Bonchev–Trinajstić information content (AvgIpc) is 2.07. The molecule has 12 heavy (non-hydrogen) atoms. The second kappa shape index (κ2) is 4.72. The minimum absolute atomic E-state index is 0.283. The van der Waals surface area contributed by atoms with Gasteiger partial charge in [-0.25, -0.2) is 4.39 Å². The first-order valence-electron chi connectivity index (χ1n) is 3.31. The third kappa shape index (κ3) is 2.68. The summed E-state index contributed by atoms with van der Waals surface area (Å²) in [4.78, 5) is 0. The van der Waals surface area contributed by atoms with Crippen LogP contribution in [-0.4, -0.2) is 12.2 Å². The molecule has 0 aliphatic carbocycles. The predicted molar refractivity (Wildman–Crippen MR) is 53.1 cm³/mol. The van der Waals surface area contributed by atoms with Gasteiger partial charge < -0.3 is 4.74 Å². The van der Waals surface area contributed by atoms with Gasteiger partial charge in [0, 0.05) is 6.07 Å². The van der Waals surface area contributed by atoms with Gasteiger partial charge in [0.1, 0.15) is 17.5 Å². The Kier molecular flexibility index (Phi) is 3.88. The number of hydrogen-bond acceptors (Lipinski definition) is 2. The summed E-state index contributed by atoms with van der Waals surface area (Å²) >= 11 is 4.81. The zero-order chi connectivity index (χ0) is 8.97. The van der Waals surface area contributed by atoms with Crippen molar-refractivity contribution in [3.05, 3.63) is 28.5 Å². The Balaban J connectivity index is 2.75. The molecule has 0 amide bonds. The van der Waals surface area contributed by atoms with E-state index in [1.54, 1.807) is 17.8 Å². The Morgan fingerprint density at radius 2 is 2.33 bits per heavy atom. The van der Waals surface area contributed by atoms with Crippen molar-refractivity contribution in [2.24, 2.45) is 0 Å². The van der Waals surface area contributed by atoms with Crippen molar-refractivity contribution in [1.29, 1.82) is 0 Å². The van der Waals surface area contributed by atoms with Gasteiger partial charge in [-0.05, 0) is 34.3 Å². The molecule has 0 fully saturated rings. The third-order valence-electron chi connectivity index (χ3n) is 1.23. The molecule has 0 aliphatic rings. The second-order valence-corrected chi connectivity index (χ2v) is 3.79. The van der Waals surface area contributed by atoms with Crippen LogP contribution in [0.5, 0.6) is 5.75 Å². The fourth-order valence-electron chi connectivity index (χ4n) is 0.710. The van der Waals surface area contributed by atoms with E-state index in [2.05, 4.69) is 15.9 Å². The first-order chi connectivity index (χ1) is 5.74. The molecule has 0 heterocycles. The van der Waals surface area contributed by atoms with Gasteiger partial charge in [0.15, 0.2) is 0 Å². The average molecular weight is 251 g/mol. The maximum Gasteiger partial charge on any atom is 0.137 e. The molecule has 0 aromatic heterocycles. The van der Waals surface area contributed by atoms with Crippen molar-refractivity contribution in [2.45, 2.75) is 0 Å². The highest BCUT2D eigenvalue weighted by atomic mass is 79.9. The van der Waals surface area contributed by atoms with Crippen LogP contribution in [0, 0.1) is 5.82 Å². The highest BCUT2D eigenvalue weighted by Gasteiger charge is 2.01. The van der Waals surface area contributed by atoms with Crippen LogP contribution in [0.2, 0.25) is 0 Å². The van der Waals surface area contributed by atoms with Crippen molar-refractivity contribution in [3.8, 4) is 5.75 Å². The van der Waals surface area contributed by atoms with Crippen molar-refractivity contribution in [2.75, 3.05) is 12.2 Å². The van der Waals surface area contributed by atoms with E-state index in [9.17, 15) is 4.39 Å². The molecular weight excluding hydrogens is 243 g/mol. The maximum absolute atomic E-state index is 12.7. The monoisotopic (exact) mass is 250 g/mol. The topological polar surface area (TPSA) is 9.23 Å². The normalized spacial score (nSPS) is 9.92. The molecule has 1 nitrogen and oxygen atoms in total. The Bertz CT molecular complexity index is 267. The minimum Gasteiger partial charge on any atom is -0.482 e. The SMILES string of the molecule is CSCOc1cc(F)ccc1Br. The highest BCUT2D eigenvalue weighted by Crippen LogP contribution is 2.25. The fourth-order valence-corrected chi connectivity index (χ4v) is 1.32. The summed E-state index contributed by atoms with van der Waals surface area (Å²) in [6, 6.07) is 4.38. The van der Waals surface area contributed by atoms with Crippen LogP contribution in [-0.2, 0) is 0 Å². The molecule has 66 valence electrons. The Hall–Kier alpha value is -0.220. The van der Waals surface area contributed by atoms with Gasteiger partial charge in [-0.3, -0.25) is 0 Å². The molecule has 1 aromatic rings. The van der Waals surface area contributed by atoms with E-state index < -0.39 is 0 Å². The number of rotatable bonds is 3. The van der Waals surface area contributed by atoms with E-state index in [0.29, 0.717) is 11.7 Å². The first kappa shape index (κ1) is 9.86. The molecule has 0 N–H and O–H groups in total. The van der Waals surface area contributed by atoms with Crippen molar-refractivity contribution < 1.29 is 9.13 Å². The standard InChI is InChI=1S/C8H8BrFOS/c1-12-5-11-8-4-6(10)2-3-7(8)9/h2-4H,5H2,1H3. The van der Waals surface area contributed by atoms with Crippen molar-refractivity contribution in [3.63, 3.8) is 0 Å². The van der Waals surface area contributed by atoms with E-state index >= 15 is 0 Å². The van der Waals surface area contributed by atoms with Gasteiger partial charge in [0.25, 0.3) is 0 Å². The largest absolute Gasteiger partial charge is 0.482 e. The van der Waals surface area contributed by atoms with E-state index in [4.69, 9.17) is 4.74 Å². The molecule has 4 heteroatoms. The molecule has 1 aromatic carbocycles. The van der Waals surface area contributed by atoms with Gasteiger partial charge in [-0.1, -0.05) is 0 Å². The molecule has 0 spiro atoms. The van der Waals surface area contributed by atoms with Gasteiger partial charge in [-0.15, -0.1) is 11.8 Å². The van der Waals surface area contributed by atoms with E-state index in [1.165, 1.54) is 12.1 Å². The number of thioether (sulfide) groups is 1. The molecule has 0 unspecified atom stereocenters. The van der Waals surface area contributed by atoms with Crippen LogP contribution < -0.4 is 4.74 Å². The van der Waals surface area contributed by atoms with Gasteiger partial charge in [0.05, 0.1) is 4.47 Å². The molecule has 0 saturated carbocycles. The number of hydrogen-bond donors (Lipinski definition) is 0. The summed E-state index contributed by atoms with van der Waals surface area (Å²) in [6.07, 6.45) is 1.92. The van der Waals surface area contributed by atoms with Gasteiger partial charge >= 0.3 is 0 Å². The Morgan fingerprint density at radius 3 is 3.00 bits per heavy atom. The van der Waals surface area contributed by atoms with E-state index in [-0.39, 0.29) is 5.82 Å². The molecule has 0 radical (unpaired) electrons. The predicted octanol–water partition coefficient (Wildman–Crippen LogP) is 3.29. The summed E-state index contributed by atoms with van der Waals surface area (Å²) in [6.45, 7) is 0. The Labute approximate surface area is 83.4 Å². The highest BCUT2D eigenvalue weighted by molar-refractivity contribution is 9.10. The van der Waals surface area contributed by atoms with Gasteiger partial charge in [-0.2, -0.15) is 0 Å². The van der Waals surface area contributed by atoms with E-state index in [0.717, 1.165) is 4.47 Å². The number of benzene rings is 1. The molecular formula is C8H8BrFOS. The minimum atomic E-state index is -0.283. The lowest BCUT2D eigenvalue weighted by Gasteiger charge is -2.05. The summed E-state index contributed by atoms with van der Waals surface area (Å²) in [5.74, 6) is 0.792. The van der Waals surface area contributed by atoms with Crippen LogP contribution in [0.1, 0.15) is 0 Å². The quantitative estimate of drug-likeness (QED) is 0.762. The maximum atomic E-state index is 12.7. The first-order valence-corrected chi connectivity index (χ1v) is 5.49. The zero-order valence-corrected chi connectivity index (χ0v) is 8.91. The Morgan fingerprint density at radius 1 is 1.58 bits per heavy atom. The van der Waals surface area contributed by atoms with E-state index in [1.807, 2.05) is 6.26 Å². The lowest BCUT2D eigenvalue weighted by molar-refractivity contribution is 0.388. The summed E-state index contributed by atoms with van der Waals surface area (Å²) in [5.41, 5.74) is 0. The smallest absolute Gasteiger partial charge is 0.137 e. The van der Waals surface area contributed by atoms with Crippen molar-refractivity contribution in [1.82, 2.24) is 0 Å². The summed E-state index contributed by atoms with van der Waals surface area (Å²) in [7, 11) is 0. The fraction of sp³-hybridized carbons (Fsp3) is 0.250. The van der Waals surface area contributed by atoms with Crippen LogP contribution in [0.15, 0.2) is 22.7 Å². The van der Waals surface area contributed by atoms with Crippen LogP contribution >= 0.6 is 27.7 Å². The molecule has 0 bridgehead atoms. The lowest BCUT2D eigenvalue weighted by atomic mass is 10.3. The summed E-state index contributed by atoms with van der Waals surface area (Å²) in [5, 5.41) is 0. The number of halogens is 2. The van der Waals surface area contributed by atoms with Crippen LogP contribution in [0.4, 0.5) is 4.39 Å². The summed E-state index contributed by atoms with van der Waals surface area (Å²) < 4.78 is 18.7.